The summed E-state index contributed by atoms with van der Waals surface area (Å²) in [6.07, 6.45) is 7.59. The highest BCUT2D eigenvalue weighted by Gasteiger charge is 2.28. The van der Waals surface area contributed by atoms with Crippen LogP contribution in [0.4, 0.5) is 0 Å². The molecule has 66 valence electrons. The van der Waals surface area contributed by atoms with Gasteiger partial charge in [-0.2, -0.15) is 0 Å². The second-order valence-electron chi connectivity index (χ2n) is 3.82. The Morgan fingerprint density at radius 3 is 2.75 bits per heavy atom. The van der Waals surface area contributed by atoms with E-state index in [4.69, 9.17) is 5.11 Å². The minimum absolute atomic E-state index is 0.627. The first-order valence-electron chi connectivity index (χ1n) is 4.10. The Bertz CT molecular complexity index is 247. The Morgan fingerprint density at radius 2 is 2.33 bits per heavy atom. The number of hydrogen-bond acceptors (Lipinski definition) is 1. The van der Waals surface area contributed by atoms with Crippen LogP contribution in [-0.4, -0.2) is 11.1 Å². The zero-order valence-electron chi connectivity index (χ0n) is 7.50. The molecule has 0 aromatic carbocycles. The van der Waals surface area contributed by atoms with Crippen LogP contribution in [0.3, 0.4) is 0 Å². The van der Waals surface area contributed by atoms with Crippen LogP contribution in [0.5, 0.6) is 0 Å². The van der Waals surface area contributed by atoms with Crippen molar-refractivity contribution in [1.29, 1.82) is 0 Å². The lowest BCUT2D eigenvalue weighted by molar-refractivity contribution is -0.146. The Hall–Kier alpha value is -1.05. The van der Waals surface area contributed by atoms with Crippen molar-refractivity contribution in [2.75, 3.05) is 0 Å². The number of allylic oxidation sites excluding steroid dienone is 4. The second-order valence-corrected chi connectivity index (χ2v) is 3.82. The highest BCUT2D eigenvalue weighted by atomic mass is 16.4. The first-order valence-corrected chi connectivity index (χ1v) is 4.10. The van der Waals surface area contributed by atoms with Crippen molar-refractivity contribution in [3.63, 3.8) is 0 Å². The summed E-state index contributed by atoms with van der Waals surface area (Å²) in [6, 6.07) is 0. The number of hydrogen-bond donors (Lipinski definition) is 1. The number of carboxylic acids is 1. The molecule has 0 heterocycles. The molecule has 12 heavy (non-hydrogen) atoms. The van der Waals surface area contributed by atoms with E-state index in [1.54, 1.807) is 13.8 Å². The lowest BCUT2D eigenvalue weighted by Gasteiger charge is -2.19. The van der Waals surface area contributed by atoms with Gasteiger partial charge in [0.25, 0.3) is 0 Å². The van der Waals surface area contributed by atoms with E-state index in [0.717, 1.165) is 6.42 Å². The molecule has 1 aliphatic carbocycles. The van der Waals surface area contributed by atoms with Gasteiger partial charge in [-0.15, -0.1) is 0 Å². The maximum atomic E-state index is 10.8. The van der Waals surface area contributed by atoms with Crippen LogP contribution in [0.1, 0.15) is 26.7 Å². The normalized spacial score (nSPS) is 16.3. The molecule has 1 N–H and O–H groups in total. The summed E-state index contributed by atoms with van der Waals surface area (Å²) in [6.45, 7) is 3.52. The van der Waals surface area contributed by atoms with Crippen molar-refractivity contribution in [2.24, 2.45) is 5.41 Å². The monoisotopic (exact) mass is 166 g/mol. The zero-order chi connectivity index (χ0) is 9.19. The van der Waals surface area contributed by atoms with Crippen LogP contribution in [-0.2, 0) is 4.79 Å². The maximum absolute atomic E-state index is 10.8. The van der Waals surface area contributed by atoms with Crippen molar-refractivity contribution in [3.8, 4) is 0 Å². The van der Waals surface area contributed by atoms with E-state index in [2.05, 4.69) is 0 Å². The molecule has 0 saturated carbocycles. The van der Waals surface area contributed by atoms with E-state index in [1.807, 2.05) is 18.2 Å². The maximum Gasteiger partial charge on any atom is 0.309 e. The van der Waals surface area contributed by atoms with E-state index in [0.29, 0.717) is 6.42 Å². The molecule has 0 aromatic rings. The summed E-state index contributed by atoms with van der Waals surface area (Å²) in [5, 5.41) is 8.85. The minimum Gasteiger partial charge on any atom is -0.481 e. The van der Waals surface area contributed by atoms with Gasteiger partial charge in [-0.25, -0.2) is 0 Å². The van der Waals surface area contributed by atoms with E-state index < -0.39 is 11.4 Å². The lowest BCUT2D eigenvalue weighted by atomic mass is 9.85. The SMILES string of the molecule is CC(C)(CC1=CC=CC1)C(=O)O. The Kier molecular flexibility index (Phi) is 2.36. The van der Waals surface area contributed by atoms with Gasteiger partial charge >= 0.3 is 5.97 Å². The average molecular weight is 166 g/mol. The van der Waals surface area contributed by atoms with Crippen LogP contribution in [0.25, 0.3) is 0 Å². The summed E-state index contributed by atoms with van der Waals surface area (Å²) >= 11 is 0. The molecule has 2 heteroatoms. The van der Waals surface area contributed by atoms with Crippen LogP contribution >= 0.6 is 0 Å². The molecular weight excluding hydrogens is 152 g/mol. The second kappa shape index (κ2) is 3.13. The third-order valence-electron chi connectivity index (χ3n) is 2.10. The van der Waals surface area contributed by atoms with Crippen LogP contribution in [0.15, 0.2) is 23.8 Å². The zero-order valence-corrected chi connectivity index (χ0v) is 7.50. The van der Waals surface area contributed by atoms with Gasteiger partial charge in [-0.1, -0.05) is 23.8 Å². The third-order valence-corrected chi connectivity index (χ3v) is 2.10. The Balaban J connectivity index is 2.56. The Morgan fingerprint density at radius 1 is 1.67 bits per heavy atom. The number of carbonyl (C=O) groups is 1. The molecule has 0 unspecified atom stereocenters. The topological polar surface area (TPSA) is 37.3 Å². The molecule has 0 atom stereocenters. The van der Waals surface area contributed by atoms with Gasteiger partial charge in [0.1, 0.15) is 0 Å². The molecule has 1 rings (SSSR count). The van der Waals surface area contributed by atoms with E-state index >= 15 is 0 Å². The molecule has 0 fully saturated rings. The van der Waals surface area contributed by atoms with Crippen molar-refractivity contribution in [3.05, 3.63) is 23.8 Å². The fourth-order valence-electron chi connectivity index (χ4n) is 1.27. The average Bonchev–Trinajstić information content (AvgIpc) is 2.38. The highest BCUT2D eigenvalue weighted by Crippen LogP contribution is 2.28. The van der Waals surface area contributed by atoms with Crippen LogP contribution < -0.4 is 0 Å². The van der Waals surface area contributed by atoms with Gasteiger partial charge in [0, 0.05) is 0 Å². The summed E-state index contributed by atoms with van der Waals surface area (Å²) in [5.74, 6) is -0.727. The number of aliphatic carboxylic acids is 1. The number of carboxylic acid groups (broad SMARTS) is 1. The molecule has 0 radical (unpaired) electrons. The van der Waals surface area contributed by atoms with E-state index in [9.17, 15) is 4.79 Å². The molecule has 0 aromatic heterocycles. The predicted molar refractivity (Wildman–Crippen MR) is 47.9 cm³/mol. The molecule has 0 saturated heterocycles. The molecule has 2 nitrogen and oxygen atoms in total. The first-order chi connectivity index (χ1) is 5.52. The fraction of sp³-hybridized carbons (Fsp3) is 0.500. The van der Waals surface area contributed by atoms with Gasteiger partial charge in [0.2, 0.25) is 0 Å². The van der Waals surface area contributed by atoms with Crippen molar-refractivity contribution < 1.29 is 9.90 Å². The first kappa shape index (κ1) is 9.04. The van der Waals surface area contributed by atoms with Crippen molar-refractivity contribution in [1.82, 2.24) is 0 Å². The van der Waals surface area contributed by atoms with Gasteiger partial charge in [0.05, 0.1) is 5.41 Å². The standard InChI is InChI=1S/C10H14O2/c1-10(2,9(11)12)7-8-5-3-4-6-8/h3-5H,6-7H2,1-2H3,(H,11,12). The van der Waals surface area contributed by atoms with Gasteiger partial charge < -0.3 is 5.11 Å². The lowest BCUT2D eigenvalue weighted by Crippen LogP contribution is -2.23. The molecule has 0 spiro atoms. The minimum atomic E-state index is -0.727. The van der Waals surface area contributed by atoms with Crippen LogP contribution in [0.2, 0.25) is 0 Å². The summed E-state index contributed by atoms with van der Waals surface area (Å²) in [4.78, 5) is 10.8. The Labute approximate surface area is 72.6 Å². The van der Waals surface area contributed by atoms with Gasteiger partial charge in [-0.3, -0.25) is 4.79 Å². The van der Waals surface area contributed by atoms with Crippen molar-refractivity contribution >= 4 is 5.97 Å². The molecule has 0 aliphatic heterocycles. The van der Waals surface area contributed by atoms with Gasteiger partial charge in [0.15, 0.2) is 0 Å². The van der Waals surface area contributed by atoms with E-state index in [-0.39, 0.29) is 0 Å². The molecule has 1 aliphatic rings. The third kappa shape index (κ3) is 1.97. The van der Waals surface area contributed by atoms with Gasteiger partial charge in [-0.05, 0) is 26.7 Å². The predicted octanol–water partition coefficient (Wildman–Crippen LogP) is 2.37. The smallest absolute Gasteiger partial charge is 0.309 e. The molecule has 0 amide bonds. The highest BCUT2D eigenvalue weighted by molar-refractivity contribution is 5.74. The summed E-state index contributed by atoms with van der Waals surface area (Å²) in [7, 11) is 0. The largest absolute Gasteiger partial charge is 0.481 e. The summed E-state index contributed by atoms with van der Waals surface area (Å²) in [5.41, 5.74) is 0.583. The number of rotatable bonds is 3. The summed E-state index contributed by atoms with van der Waals surface area (Å²) < 4.78 is 0. The molecule has 0 bridgehead atoms. The molecular formula is C10H14O2. The van der Waals surface area contributed by atoms with E-state index in [1.165, 1.54) is 5.57 Å². The quantitative estimate of drug-likeness (QED) is 0.698. The van der Waals surface area contributed by atoms with Crippen LogP contribution in [0, 0.1) is 5.41 Å². The fourth-order valence-corrected chi connectivity index (χ4v) is 1.27. The van der Waals surface area contributed by atoms with Crippen molar-refractivity contribution in [2.45, 2.75) is 26.7 Å².